The van der Waals surface area contributed by atoms with Crippen LogP contribution in [0, 0.1) is 24.5 Å². The molecule has 0 spiro atoms. The first-order valence-corrected chi connectivity index (χ1v) is 8.82. The predicted octanol–water partition coefficient (Wildman–Crippen LogP) is 2.39. The van der Waals surface area contributed by atoms with Crippen LogP contribution in [0.3, 0.4) is 0 Å². The molecule has 0 aliphatic carbocycles. The number of aromatic nitrogens is 4. The van der Waals surface area contributed by atoms with Gasteiger partial charge in [0, 0.05) is 12.2 Å². The van der Waals surface area contributed by atoms with E-state index in [0.717, 1.165) is 23.2 Å². The summed E-state index contributed by atoms with van der Waals surface area (Å²) in [6.45, 7) is 3.46. The topological polar surface area (TPSA) is 72.9 Å². The molecule has 0 radical (unpaired) electrons. The molecule has 3 aromatic rings. The lowest BCUT2D eigenvalue weighted by atomic mass is 9.92. The van der Waals surface area contributed by atoms with Gasteiger partial charge in [0.05, 0.1) is 6.54 Å². The second kappa shape index (κ2) is 7.03. The third-order valence-electron chi connectivity index (χ3n) is 4.90. The van der Waals surface area contributed by atoms with Gasteiger partial charge in [0.15, 0.2) is 5.82 Å². The summed E-state index contributed by atoms with van der Waals surface area (Å²) >= 11 is 0. The van der Waals surface area contributed by atoms with Crippen LogP contribution in [-0.2, 0) is 13.0 Å². The number of hydrogen-bond acceptors (Lipinski definition) is 5. The van der Waals surface area contributed by atoms with Crippen molar-refractivity contribution in [1.82, 2.24) is 20.2 Å². The first-order chi connectivity index (χ1) is 13.0. The summed E-state index contributed by atoms with van der Waals surface area (Å²) < 4.78 is 29.4. The van der Waals surface area contributed by atoms with Gasteiger partial charge in [-0.3, -0.25) is 0 Å². The molecule has 1 atom stereocenters. The summed E-state index contributed by atoms with van der Waals surface area (Å²) in [5.41, 5.74) is 8.94. The van der Waals surface area contributed by atoms with Crippen LogP contribution in [0.25, 0.3) is 5.69 Å². The summed E-state index contributed by atoms with van der Waals surface area (Å²) in [6.07, 6.45) is 0.734. The first kappa shape index (κ1) is 17.5. The molecule has 0 bridgehead atoms. The Bertz CT molecular complexity index is 971. The van der Waals surface area contributed by atoms with Crippen molar-refractivity contribution >= 4 is 5.69 Å². The van der Waals surface area contributed by atoms with Gasteiger partial charge in [-0.25, -0.2) is 8.78 Å². The molecule has 0 saturated carbocycles. The molecular weight excluding hydrogens is 350 g/mol. The lowest BCUT2D eigenvalue weighted by molar-refractivity contribution is 0.489. The zero-order chi connectivity index (χ0) is 19.0. The zero-order valence-electron chi connectivity index (χ0n) is 14.9. The van der Waals surface area contributed by atoms with Gasteiger partial charge in [-0.1, -0.05) is 6.07 Å². The Balaban J connectivity index is 1.70. The van der Waals surface area contributed by atoms with Crippen LogP contribution in [0.15, 0.2) is 36.4 Å². The van der Waals surface area contributed by atoms with E-state index < -0.39 is 5.82 Å². The Hall–Kier alpha value is -2.87. The Labute approximate surface area is 155 Å². The van der Waals surface area contributed by atoms with E-state index in [1.807, 2.05) is 6.92 Å². The van der Waals surface area contributed by atoms with E-state index in [1.54, 1.807) is 24.3 Å². The summed E-state index contributed by atoms with van der Waals surface area (Å²) in [5, 5.41) is 11.8. The van der Waals surface area contributed by atoms with Crippen molar-refractivity contribution in [3.8, 4) is 5.69 Å². The van der Waals surface area contributed by atoms with Crippen LogP contribution in [0.2, 0.25) is 0 Å². The van der Waals surface area contributed by atoms with E-state index in [1.165, 1.54) is 16.8 Å². The van der Waals surface area contributed by atoms with E-state index in [9.17, 15) is 8.78 Å². The van der Waals surface area contributed by atoms with Crippen LogP contribution in [0.5, 0.6) is 0 Å². The standard InChI is InChI=1S/C19H20F2N6/c1-12-2-4-16(21)18(6-12)27-19(23-24-25-27)11-26-10-13(9-22)7-14-8-15(20)3-5-17(14)26/h2-6,8,13H,7,9-11,22H2,1H3. The van der Waals surface area contributed by atoms with E-state index in [0.29, 0.717) is 31.1 Å². The Morgan fingerprint density at radius 2 is 2.00 bits per heavy atom. The van der Waals surface area contributed by atoms with Gasteiger partial charge >= 0.3 is 0 Å². The summed E-state index contributed by atoms with van der Waals surface area (Å²) in [4.78, 5) is 2.08. The lowest BCUT2D eigenvalue weighted by Gasteiger charge is -2.35. The molecule has 0 amide bonds. The highest BCUT2D eigenvalue weighted by Gasteiger charge is 2.26. The quantitative estimate of drug-likeness (QED) is 0.763. The molecule has 27 heavy (non-hydrogen) atoms. The molecular formula is C19H20F2N6. The molecule has 1 aliphatic rings. The molecule has 140 valence electrons. The van der Waals surface area contributed by atoms with Crippen LogP contribution in [0.4, 0.5) is 14.5 Å². The second-order valence-electron chi connectivity index (χ2n) is 6.92. The second-order valence-corrected chi connectivity index (χ2v) is 6.92. The molecule has 0 fully saturated rings. The summed E-state index contributed by atoms with van der Waals surface area (Å²) in [7, 11) is 0. The predicted molar refractivity (Wildman–Crippen MR) is 97.5 cm³/mol. The van der Waals surface area contributed by atoms with E-state index in [-0.39, 0.29) is 11.7 Å². The van der Waals surface area contributed by atoms with E-state index >= 15 is 0 Å². The Kier molecular flexibility index (Phi) is 4.57. The molecule has 6 nitrogen and oxygen atoms in total. The number of benzene rings is 2. The third kappa shape index (κ3) is 3.40. The van der Waals surface area contributed by atoms with Crippen LogP contribution < -0.4 is 10.6 Å². The normalized spacial score (nSPS) is 16.4. The van der Waals surface area contributed by atoms with Crippen molar-refractivity contribution in [2.75, 3.05) is 18.0 Å². The number of anilines is 1. The van der Waals surface area contributed by atoms with Gasteiger partial charge in [-0.2, -0.15) is 4.68 Å². The molecule has 2 heterocycles. The SMILES string of the molecule is Cc1ccc(F)c(-n2nnnc2CN2CC(CN)Cc3cc(F)ccc32)c1. The number of hydrogen-bond donors (Lipinski definition) is 1. The number of tetrazole rings is 1. The smallest absolute Gasteiger partial charge is 0.176 e. The summed E-state index contributed by atoms with van der Waals surface area (Å²) in [6, 6.07) is 9.56. The fraction of sp³-hybridized carbons (Fsp3) is 0.316. The maximum atomic E-state index is 14.3. The van der Waals surface area contributed by atoms with Crippen molar-refractivity contribution in [2.24, 2.45) is 11.7 Å². The average Bonchev–Trinajstić information content (AvgIpc) is 3.11. The van der Waals surface area contributed by atoms with E-state index in [4.69, 9.17) is 5.73 Å². The maximum Gasteiger partial charge on any atom is 0.176 e. The monoisotopic (exact) mass is 370 g/mol. The zero-order valence-corrected chi connectivity index (χ0v) is 14.9. The van der Waals surface area contributed by atoms with Crippen LogP contribution in [-0.4, -0.2) is 33.3 Å². The fourth-order valence-corrected chi connectivity index (χ4v) is 3.57. The highest BCUT2D eigenvalue weighted by molar-refractivity contribution is 5.56. The number of rotatable bonds is 4. The minimum atomic E-state index is -0.393. The minimum absolute atomic E-state index is 0.208. The molecule has 8 heteroatoms. The Morgan fingerprint density at radius 1 is 1.15 bits per heavy atom. The number of fused-ring (bicyclic) bond motifs is 1. The van der Waals surface area contributed by atoms with Gasteiger partial charge in [0.1, 0.15) is 17.3 Å². The average molecular weight is 370 g/mol. The number of halogens is 2. The molecule has 1 aromatic heterocycles. The van der Waals surface area contributed by atoms with Crippen molar-refractivity contribution in [3.05, 3.63) is 65.0 Å². The van der Waals surface area contributed by atoms with Crippen LogP contribution >= 0.6 is 0 Å². The van der Waals surface area contributed by atoms with Gasteiger partial charge in [0.2, 0.25) is 0 Å². The number of nitrogens with zero attached hydrogens (tertiary/aromatic N) is 5. The lowest BCUT2D eigenvalue weighted by Crippen LogP contribution is -2.38. The first-order valence-electron chi connectivity index (χ1n) is 8.82. The summed E-state index contributed by atoms with van der Waals surface area (Å²) in [5.74, 6) is 0.0555. The highest BCUT2D eigenvalue weighted by atomic mass is 19.1. The molecule has 2 N–H and O–H groups in total. The maximum absolute atomic E-state index is 14.3. The molecule has 1 unspecified atom stereocenters. The Morgan fingerprint density at radius 3 is 2.81 bits per heavy atom. The number of aryl methyl sites for hydroxylation is 1. The molecule has 0 saturated heterocycles. The van der Waals surface area contributed by atoms with Crippen molar-refractivity contribution in [2.45, 2.75) is 19.9 Å². The molecule has 2 aromatic carbocycles. The van der Waals surface area contributed by atoms with Gasteiger partial charge in [-0.15, -0.1) is 5.10 Å². The minimum Gasteiger partial charge on any atom is -0.363 e. The third-order valence-corrected chi connectivity index (χ3v) is 4.90. The van der Waals surface area contributed by atoms with E-state index in [2.05, 4.69) is 20.4 Å². The molecule has 1 aliphatic heterocycles. The number of nitrogens with two attached hydrogens (primary N) is 1. The van der Waals surface area contributed by atoms with Crippen molar-refractivity contribution in [1.29, 1.82) is 0 Å². The van der Waals surface area contributed by atoms with Crippen molar-refractivity contribution < 1.29 is 8.78 Å². The molecule has 4 rings (SSSR count). The highest BCUT2D eigenvalue weighted by Crippen LogP contribution is 2.31. The largest absolute Gasteiger partial charge is 0.363 e. The van der Waals surface area contributed by atoms with Crippen molar-refractivity contribution in [3.63, 3.8) is 0 Å². The van der Waals surface area contributed by atoms with Gasteiger partial charge in [-0.05, 0) is 77.7 Å². The van der Waals surface area contributed by atoms with Gasteiger partial charge in [0.25, 0.3) is 0 Å². The fourth-order valence-electron chi connectivity index (χ4n) is 3.57. The van der Waals surface area contributed by atoms with Gasteiger partial charge < -0.3 is 10.6 Å². The van der Waals surface area contributed by atoms with Crippen LogP contribution in [0.1, 0.15) is 17.0 Å².